The van der Waals surface area contributed by atoms with Crippen molar-refractivity contribution in [3.05, 3.63) is 68.2 Å². The fourth-order valence-electron chi connectivity index (χ4n) is 2.87. The van der Waals surface area contributed by atoms with Crippen LogP contribution in [0.5, 0.6) is 0 Å². The average molecular weight is 403 g/mol. The molecule has 0 bridgehead atoms. The predicted molar refractivity (Wildman–Crippen MR) is 101 cm³/mol. The molecule has 1 aromatic carbocycles. The van der Waals surface area contributed by atoms with Crippen LogP contribution in [0.15, 0.2) is 50.2 Å². The minimum Gasteiger partial charge on any atom is -0.460 e. The maximum atomic E-state index is 12.7. The van der Waals surface area contributed by atoms with Gasteiger partial charge in [0.1, 0.15) is 11.3 Å². The lowest BCUT2D eigenvalue weighted by atomic mass is 10.1. The second-order valence-electron chi connectivity index (χ2n) is 5.90. The third-order valence-electron chi connectivity index (χ3n) is 4.03. The summed E-state index contributed by atoms with van der Waals surface area (Å²) in [6.45, 7) is 4.69. The van der Waals surface area contributed by atoms with E-state index in [-0.39, 0.29) is 11.5 Å². The van der Waals surface area contributed by atoms with Crippen molar-refractivity contribution in [2.45, 2.75) is 33.4 Å². The van der Waals surface area contributed by atoms with E-state index in [0.717, 1.165) is 16.5 Å². The molecule has 5 nitrogen and oxygen atoms in total. The van der Waals surface area contributed by atoms with E-state index in [4.69, 9.17) is 4.42 Å². The van der Waals surface area contributed by atoms with Gasteiger partial charge in [-0.2, -0.15) is 0 Å². The first-order valence-corrected chi connectivity index (χ1v) is 8.95. The highest BCUT2D eigenvalue weighted by atomic mass is 79.9. The van der Waals surface area contributed by atoms with Crippen molar-refractivity contribution in [3.8, 4) is 0 Å². The van der Waals surface area contributed by atoms with Crippen LogP contribution in [0.25, 0.3) is 11.0 Å². The number of fused-ring (bicyclic) bond motifs is 1. The monoisotopic (exact) mass is 402 g/mol. The van der Waals surface area contributed by atoms with Crippen molar-refractivity contribution < 1.29 is 9.21 Å². The molecule has 0 unspecified atom stereocenters. The molecule has 130 valence electrons. The number of hydrogen-bond donors (Lipinski definition) is 1. The number of aryl methyl sites for hydroxylation is 2. The zero-order chi connectivity index (χ0) is 18.0. The number of rotatable bonds is 5. The molecule has 3 aromatic rings. The summed E-state index contributed by atoms with van der Waals surface area (Å²) < 4.78 is 8.19. The first-order chi connectivity index (χ1) is 12.0. The van der Waals surface area contributed by atoms with E-state index in [1.54, 1.807) is 23.8 Å². The van der Waals surface area contributed by atoms with Crippen LogP contribution >= 0.6 is 15.9 Å². The van der Waals surface area contributed by atoms with Crippen molar-refractivity contribution in [1.82, 2.24) is 9.88 Å². The number of hydrogen-bond acceptors (Lipinski definition) is 3. The van der Waals surface area contributed by atoms with Gasteiger partial charge in [0.25, 0.3) is 11.5 Å². The number of amides is 1. The zero-order valence-electron chi connectivity index (χ0n) is 14.1. The summed E-state index contributed by atoms with van der Waals surface area (Å²) in [5, 5.41) is 3.22. The Morgan fingerprint density at radius 2 is 2.12 bits per heavy atom. The van der Waals surface area contributed by atoms with Crippen molar-refractivity contribution >= 4 is 32.8 Å². The van der Waals surface area contributed by atoms with Crippen LogP contribution in [0.1, 0.15) is 35.0 Å². The molecule has 25 heavy (non-hydrogen) atoms. The SMILES string of the molecule is CCCn1ccc2oc(C)c(C(=O)NCc3cccc(Br)c3)c2c1=O. The van der Waals surface area contributed by atoms with Gasteiger partial charge in [-0.1, -0.05) is 35.0 Å². The van der Waals surface area contributed by atoms with Crippen LogP contribution in [0.3, 0.4) is 0 Å². The summed E-state index contributed by atoms with van der Waals surface area (Å²) >= 11 is 3.41. The highest BCUT2D eigenvalue weighted by Crippen LogP contribution is 2.22. The molecule has 2 aromatic heterocycles. The van der Waals surface area contributed by atoms with Gasteiger partial charge in [-0.3, -0.25) is 9.59 Å². The minimum absolute atomic E-state index is 0.191. The van der Waals surface area contributed by atoms with Crippen LogP contribution in [-0.2, 0) is 13.1 Å². The van der Waals surface area contributed by atoms with Crippen LogP contribution in [0.4, 0.5) is 0 Å². The van der Waals surface area contributed by atoms with E-state index in [9.17, 15) is 9.59 Å². The zero-order valence-corrected chi connectivity index (χ0v) is 15.7. The number of benzene rings is 1. The summed E-state index contributed by atoms with van der Waals surface area (Å²) in [7, 11) is 0. The highest BCUT2D eigenvalue weighted by molar-refractivity contribution is 9.10. The number of halogens is 1. The molecule has 0 radical (unpaired) electrons. The number of carbonyl (C=O) groups is 1. The maximum Gasteiger partial charge on any atom is 0.262 e. The smallest absolute Gasteiger partial charge is 0.262 e. The molecule has 0 atom stereocenters. The number of furan rings is 1. The second kappa shape index (κ2) is 7.27. The number of nitrogens with zero attached hydrogens (tertiary/aromatic N) is 1. The Balaban J connectivity index is 1.94. The normalized spacial score (nSPS) is 11.0. The van der Waals surface area contributed by atoms with Crippen molar-refractivity contribution in [2.24, 2.45) is 0 Å². The fraction of sp³-hybridized carbons (Fsp3) is 0.263. The van der Waals surface area contributed by atoms with E-state index in [2.05, 4.69) is 21.2 Å². The lowest BCUT2D eigenvalue weighted by molar-refractivity contribution is 0.0950. The van der Waals surface area contributed by atoms with Gasteiger partial charge in [0, 0.05) is 23.8 Å². The average Bonchev–Trinajstić information content (AvgIpc) is 2.92. The van der Waals surface area contributed by atoms with Gasteiger partial charge < -0.3 is 14.3 Å². The van der Waals surface area contributed by atoms with Crippen molar-refractivity contribution in [1.29, 1.82) is 0 Å². The summed E-state index contributed by atoms with van der Waals surface area (Å²) in [4.78, 5) is 25.4. The molecule has 1 amide bonds. The molecular weight excluding hydrogens is 384 g/mol. The number of nitrogens with one attached hydrogen (secondary N) is 1. The Morgan fingerprint density at radius 3 is 2.84 bits per heavy atom. The van der Waals surface area contributed by atoms with E-state index in [0.29, 0.717) is 35.4 Å². The molecule has 6 heteroatoms. The molecule has 1 N–H and O–H groups in total. The van der Waals surface area contributed by atoms with Gasteiger partial charge in [0.2, 0.25) is 0 Å². The van der Waals surface area contributed by atoms with E-state index < -0.39 is 0 Å². The topological polar surface area (TPSA) is 64.2 Å². The van der Waals surface area contributed by atoms with Crippen LogP contribution < -0.4 is 10.9 Å². The van der Waals surface area contributed by atoms with Gasteiger partial charge >= 0.3 is 0 Å². The van der Waals surface area contributed by atoms with Gasteiger partial charge in [0.15, 0.2) is 0 Å². The third-order valence-corrected chi connectivity index (χ3v) is 4.52. The molecule has 0 saturated heterocycles. The van der Waals surface area contributed by atoms with E-state index >= 15 is 0 Å². The molecule has 0 aliphatic heterocycles. The number of carbonyl (C=O) groups excluding carboxylic acids is 1. The quantitative estimate of drug-likeness (QED) is 0.700. The Hall–Kier alpha value is -2.34. The lowest BCUT2D eigenvalue weighted by Crippen LogP contribution is -2.26. The molecule has 2 heterocycles. The van der Waals surface area contributed by atoms with Crippen LogP contribution in [-0.4, -0.2) is 10.5 Å². The third kappa shape index (κ3) is 3.54. The van der Waals surface area contributed by atoms with Gasteiger partial charge in [-0.25, -0.2) is 0 Å². The molecule has 0 fully saturated rings. The van der Waals surface area contributed by atoms with Gasteiger partial charge in [0.05, 0.1) is 10.9 Å². The summed E-state index contributed by atoms with van der Waals surface area (Å²) in [6.07, 6.45) is 2.55. The molecule has 0 saturated carbocycles. The molecular formula is C19H19BrN2O3. The summed E-state index contributed by atoms with van der Waals surface area (Å²) in [5.41, 5.74) is 1.54. The second-order valence-corrected chi connectivity index (χ2v) is 6.82. The fourth-order valence-corrected chi connectivity index (χ4v) is 3.32. The Bertz CT molecular complexity index is 988. The maximum absolute atomic E-state index is 12.7. The van der Waals surface area contributed by atoms with E-state index in [1.807, 2.05) is 31.2 Å². The van der Waals surface area contributed by atoms with Gasteiger partial charge in [-0.05, 0) is 37.1 Å². The molecule has 0 spiro atoms. The Morgan fingerprint density at radius 1 is 1.32 bits per heavy atom. The number of aromatic nitrogens is 1. The Labute approximate surface area is 153 Å². The minimum atomic E-state index is -0.303. The van der Waals surface area contributed by atoms with Crippen LogP contribution in [0.2, 0.25) is 0 Å². The molecule has 0 aliphatic carbocycles. The predicted octanol–water partition coefficient (Wildman–Crippen LogP) is 4.01. The van der Waals surface area contributed by atoms with Crippen molar-refractivity contribution in [3.63, 3.8) is 0 Å². The largest absolute Gasteiger partial charge is 0.460 e. The first kappa shape index (κ1) is 17.5. The van der Waals surface area contributed by atoms with Crippen molar-refractivity contribution in [2.75, 3.05) is 0 Å². The summed E-state index contributed by atoms with van der Waals surface area (Å²) in [6, 6.07) is 9.45. The molecule has 0 aliphatic rings. The molecule has 3 rings (SSSR count). The highest BCUT2D eigenvalue weighted by Gasteiger charge is 2.21. The van der Waals surface area contributed by atoms with Gasteiger partial charge in [-0.15, -0.1) is 0 Å². The standard InChI is InChI=1S/C19H19BrN2O3/c1-3-8-22-9-7-15-17(19(22)24)16(12(2)25-15)18(23)21-11-13-5-4-6-14(20)10-13/h4-7,9-10H,3,8,11H2,1-2H3,(H,21,23). The summed E-state index contributed by atoms with van der Waals surface area (Å²) in [5.74, 6) is 0.149. The van der Waals surface area contributed by atoms with E-state index in [1.165, 1.54) is 0 Å². The first-order valence-electron chi connectivity index (χ1n) is 8.16. The lowest BCUT2D eigenvalue weighted by Gasteiger charge is -2.06. The number of pyridine rings is 1. The van der Waals surface area contributed by atoms with Crippen LogP contribution in [0, 0.1) is 6.92 Å². The Kier molecular flexibility index (Phi) is 5.08.